The van der Waals surface area contributed by atoms with Crippen molar-refractivity contribution in [3.63, 3.8) is 0 Å². The van der Waals surface area contributed by atoms with Gasteiger partial charge in [0.2, 0.25) is 11.7 Å². The van der Waals surface area contributed by atoms with Crippen LogP contribution in [0.25, 0.3) is 0 Å². The van der Waals surface area contributed by atoms with Crippen molar-refractivity contribution >= 4 is 23.5 Å². The van der Waals surface area contributed by atoms with Gasteiger partial charge in [0.1, 0.15) is 0 Å². The van der Waals surface area contributed by atoms with Crippen LogP contribution in [0.5, 0.6) is 0 Å². The van der Waals surface area contributed by atoms with Crippen molar-refractivity contribution in [2.24, 2.45) is 11.8 Å². The number of ether oxygens (including phenoxy) is 1. The number of hydrogen-bond acceptors (Lipinski definition) is 8. The molecule has 3 atom stereocenters. The number of morpholine rings is 1. The summed E-state index contributed by atoms with van der Waals surface area (Å²) < 4.78 is 11.1. The maximum atomic E-state index is 13.3. The van der Waals surface area contributed by atoms with E-state index in [-0.39, 0.29) is 40.7 Å². The van der Waals surface area contributed by atoms with Gasteiger partial charge in [0, 0.05) is 24.4 Å². The van der Waals surface area contributed by atoms with Crippen LogP contribution in [0.3, 0.4) is 0 Å². The van der Waals surface area contributed by atoms with Crippen molar-refractivity contribution < 1.29 is 18.7 Å². The van der Waals surface area contributed by atoms with Crippen LogP contribution < -0.4 is 5.32 Å². The van der Waals surface area contributed by atoms with Crippen LogP contribution >= 0.6 is 11.8 Å². The Morgan fingerprint density at radius 1 is 1.13 bits per heavy atom. The number of nitrogens with one attached hydrogen (secondary N) is 1. The third-order valence-electron chi connectivity index (χ3n) is 5.87. The predicted molar refractivity (Wildman–Crippen MR) is 119 cm³/mol. The summed E-state index contributed by atoms with van der Waals surface area (Å²) in [5.41, 5.74) is 0. The summed E-state index contributed by atoms with van der Waals surface area (Å²) in [7, 11) is 0. The zero-order chi connectivity index (χ0) is 22.4. The van der Waals surface area contributed by atoms with Crippen molar-refractivity contribution in [3.05, 3.63) is 5.89 Å². The van der Waals surface area contributed by atoms with Crippen molar-refractivity contribution in [1.82, 2.24) is 20.4 Å². The summed E-state index contributed by atoms with van der Waals surface area (Å²) in [5.74, 6) is -0.232. The van der Waals surface area contributed by atoms with Crippen LogP contribution in [0.2, 0.25) is 0 Å². The maximum absolute atomic E-state index is 13.3. The summed E-state index contributed by atoms with van der Waals surface area (Å²) in [6.07, 6.45) is 4.58. The lowest BCUT2D eigenvalue weighted by molar-refractivity contribution is -0.130. The molecule has 2 heterocycles. The monoisotopic (exact) mass is 452 g/mol. The molecular formula is C22H36N4O4S. The molecule has 9 heteroatoms. The lowest BCUT2D eigenvalue weighted by Crippen LogP contribution is -2.54. The van der Waals surface area contributed by atoms with E-state index in [1.807, 2.05) is 27.7 Å². The van der Waals surface area contributed by atoms with Crippen LogP contribution in [0.4, 0.5) is 0 Å². The first kappa shape index (κ1) is 24.2. The summed E-state index contributed by atoms with van der Waals surface area (Å²) >= 11 is 1.42. The number of hydrogen-bond donors (Lipinski definition) is 1. The molecular weight excluding hydrogens is 416 g/mol. The van der Waals surface area contributed by atoms with Gasteiger partial charge in [-0.1, -0.05) is 52.3 Å². The molecule has 0 aromatic carbocycles. The Morgan fingerprint density at radius 2 is 1.84 bits per heavy atom. The molecule has 2 aliphatic rings. The van der Waals surface area contributed by atoms with Crippen molar-refractivity contribution in [3.8, 4) is 0 Å². The average molecular weight is 453 g/mol. The average Bonchev–Trinajstić information content (AvgIpc) is 3.20. The van der Waals surface area contributed by atoms with E-state index in [1.54, 1.807) is 0 Å². The number of carbonyl (C=O) groups excluding carboxylic acids is 2. The van der Waals surface area contributed by atoms with Crippen molar-refractivity contribution in [2.45, 2.75) is 82.4 Å². The molecule has 0 spiro atoms. The predicted octanol–water partition coefficient (Wildman–Crippen LogP) is 3.17. The fourth-order valence-corrected chi connectivity index (χ4v) is 5.07. The molecule has 1 N–H and O–H groups in total. The van der Waals surface area contributed by atoms with E-state index < -0.39 is 6.04 Å². The van der Waals surface area contributed by atoms with Gasteiger partial charge in [0.25, 0.3) is 11.1 Å². The van der Waals surface area contributed by atoms with Gasteiger partial charge < -0.3 is 14.5 Å². The molecule has 1 aliphatic heterocycles. The van der Waals surface area contributed by atoms with Gasteiger partial charge in [0.05, 0.1) is 25.2 Å². The van der Waals surface area contributed by atoms with E-state index in [2.05, 4.69) is 20.4 Å². The highest BCUT2D eigenvalue weighted by molar-refractivity contribution is 7.99. The minimum atomic E-state index is -0.655. The third-order valence-corrected chi connectivity index (χ3v) is 6.71. The van der Waals surface area contributed by atoms with Gasteiger partial charge in [-0.2, -0.15) is 0 Å². The van der Waals surface area contributed by atoms with E-state index in [0.717, 1.165) is 38.8 Å². The number of nitrogens with zero attached hydrogens (tertiary/aromatic N) is 3. The molecule has 1 amide bonds. The quantitative estimate of drug-likeness (QED) is 0.451. The molecule has 1 aromatic heterocycles. The number of thioether (sulfide) groups is 1. The van der Waals surface area contributed by atoms with Crippen LogP contribution in [0.15, 0.2) is 9.64 Å². The number of ketones is 1. The number of amides is 1. The standard InChI is InChI=1S/C22H36N4O4S/c1-14(2)13-17(19(27)21-24-25-22(30-21)31-15(3)4)23-20(28)16-7-5-6-8-18(16)26-9-11-29-12-10-26/h14-18H,5-13H2,1-4H3,(H,23,28)/t16-,17+,18+/m1/s1. The topological polar surface area (TPSA) is 97.6 Å². The van der Waals surface area contributed by atoms with Crippen LogP contribution in [0.1, 0.15) is 70.5 Å². The zero-order valence-electron chi connectivity index (χ0n) is 19.1. The van der Waals surface area contributed by atoms with Gasteiger partial charge in [-0.15, -0.1) is 10.2 Å². The minimum Gasteiger partial charge on any atom is -0.408 e. The van der Waals surface area contributed by atoms with Crippen molar-refractivity contribution in [1.29, 1.82) is 0 Å². The van der Waals surface area contributed by atoms with Crippen LogP contribution in [-0.2, 0) is 9.53 Å². The molecule has 1 saturated carbocycles. The highest BCUT2D eigenvalue weighted by Gasteiger charge is 2.37. The molecule has 0 radical (unpaired) electrons. The van der Waals surface area contributed by atoms with Gasteiger partial charge in [-0.3, -0.25) is 14.5 Å². The first-order valence-electron chi connectivity index (χ1n) is 11.5. The summed E-state index contributed by atoms with van der Waals surface area (Å²) in [6, 6.07) is -0.443. The number of rotatable bonds is 9. The fourth-order valence-electron chi connectivity index (χ4n) is 4.45. The Balaban J connectivity index is 1.70. The van der Waals surface area contributed by atoms with Gasteiger partial charge in [0.15, 0.2) is 0 Å². The number of aromatic nitrogens is 2. The highest BCUT2D eigenvalue weighted by atomic mass is 32.2. The normalized spacial score (nSPS) is 23.8. The number of carbonyl (C=O) groups is 2. The summed E-state index contributed by atoms with van der Waals surface area (Å²) in [5, 5.41) is 11.6. The Kier molecular flexibility index (Phi) is 8.92. The van der Waals surface area contributed by atoms with Crippen molar-refractivity contribution in [2.75, 3.05) is 26.3 Å². The summed E-state index contributed by atoms with van der Waals surface area (Å²) in [6.45, 7) is 11.3. The highest BCUT2D eigenvalue weighted by Crippen LogP contribution is 2.30. The largest absolute Gasteiger partial charge is 0.408 e. The second-order valence-electron chi connectivity index (χ2n) is 9.20. The Hall–Kier alpha value is -1.45. The Labute approximate surface area is 189 Å². The molecule has 0 unspecified atom stereocenters. The molecule has 1 aliphatic carbocycles. The molecule has 31 heavy (non-hydrogen) atoms. The minimum absolute atomic E-state index is 0.0255. The first-order valence-corrected chi connectivity index (χ1v) is 12.4. The fraction of sp³-hybridized carbons (Fsp3) is 0.818. The molecule has 0 bridgehead atoms. The lowest BCUT2D eigenvalue weighted by atomic mass is 9.82. The van der Waals surface area contributed by atoms with E-state index in [0.29, 0.717) is 24.9 Å². The third kappa shape index (κ3) is 6.76. The molecule has 8 nitrogen and oxygen atoms in total. The van der Waals surface area contributed by atoms with E-state index in [1.165, 1.54) is 11.8 Å². The molecule has 174 valence electrons. The number of Topliss-reactive ketones (excluding diaryl/α,β-unsaturated/α-hetero) is 1. The summed E-state index contributed by atoms with van der Waals surface area (Å²) in [4.78, 5) is 28.9. The smallest absolute Gasteiger partial charge is 0.286 e. The van der Waals surface area contributed by atoms with Gasteiger partial charge in [-0.25, -0.2) is 0 Å². The SMILES string of the molecule is CC(C)C[C@H](NC(=O)[C@@H]1CCCC[C@@H]1N1CCOCC1)C(=O)c1nnc(SC(C)C)o1. The molecule has 1 saturated heterocycles. The first-order chi connectivity index (χ1) is 14.8. The Bertz CT molecular complexity index is 733. The molecule has 3 rings (SSSR count). The van der Waals surface area contributed by atoms with Crippen LogP contribution in [-0.4, -0.2) is 70.4 Å². The molecule has 2 fully saturated rings. The maximum Gasteiger partial charge on any atom is 0.286 e. The second-order valence-corrected chi connectivity index (χ2v) is 10.7. The van der Waals surface area contributed by atoms with E-state index in [9.17, 15) is 9.59 Å². The lowest BCUT2D eigenvalue weighted by Gasteiger charge is -2.41. The Morgan fingerprint density at radius 3 is 2.52 bits per heavy atom. The van der Waals surface area contributed by atoms with Crippen LogP contribution in [0, 0.1) is 11.8 Å². The van der Waals surface area contributed by atoms with E-state index >= 15 is 0 Å². The second kappa shape index (κ2) is 11.4. The van der Waals surface area contributed by atoms with Gasteiger partial charge >= 0.3 is 0 Å². The van der Waals surface area contributed by atoms with Gasteiger partial charge in [-0.05, 0) is 25.2 Å². The molecule has 1 aromatic rings. The zero-order valence-corrected chi connectivity index (χ0v) is 20.0. The van der Waals surface area contributed by atoms with E-state index in [4.69, 9.17) is 9.15 Å².